The number of aryl methyl sites for hydroxylation is 2. The van der Waals surface area contributed by atoms with E-state index in [1.165, 1.54) is 17.1 Å². The van der Waals surface area contributed by atoms with Crippen LogP contribution in [-0.4, -0.2) is 31.0 Å². The van der Waals surface area contributed by atoms with Gasteiger partial charge in [0, 0.05) is 0 Å². The number of benzene rings is 2. The van der Waals surface area contributed by atoms with Crippen molar-refractivity contribution in [3.63, 3.8) is 0 Å². The minimum atomic E-state index is -1.46. The van der Waals surface area contributed by atoms with E-state index in [1.54, 1.807) is 18.2 Å². The summed E-state index contributed by atoms with van der Waals surface area (Å²) in [5.41, 5.74) is 2.04. The molecule has 0 amide bonds. The lowest BCUT2D eigenvalue weighted by Crippen LogP contribution is -2.13. The first-order valence-electron chi connectivity index (χ1n) is 8.64. The molecule has 0 atom stereocenters. The van der Waals surface area contributed by atoms with Crippen LogP contribution in [0.2, 0.25) is 0 Å². The number of para-hydroxylation sites is 1. The minimum Gasteiger partial charge on any atom is -0.457 e. The molecular formula is C20H16N4O5. The number of aromatic nitrogens is 4. The van der Waals surface area contributed by atoms with Crippen LogP contribution < -0.4 is 15.0 Å². The Kier molecular flexibility index (Phi) is 4.47. The van der Waals surface area contributed by atoms with Crippen molar-refractivity contribution in [2.24, 2.45) is 0 Å². The van der Waals surface area contributed by atoms with Crippen molar-refractivity contribution in [2.75, 3.05) is 0 Å². The highest BCUT2D eigenvalue weighted by atomic mass is 16.7. The topological polar surface area (TPSA) is 119 Å². The maximum absolute atomic E-state index is 12.6. The first kappa shape index (κ1) is 18.2. The Morgan fingerprint density at radius 2 is 1.90 bits per heavy atom. The molecule has 9 nitrogen and oxygen atoms in total. The van der Waals surface area contributed by atoms with Crippen molar-refractivity contribution in [1.82, 2.24) is 19.7 Å². The lowest BCUT2D eigenvalue weighted by atomic mass is 10.1. The average Bonchev–Trinajstić information content (AvgIpc) is 3.13. The molecule has 0 saturated heterocycles. The molecule has 2 N–H and O–H groups in total. The quantitative estimate of drug-likeness (QED) is 0.509. The summed E-state index contributed by atoms with van der Waals surface area (Å²) in [7, 11) is 0. The highest BCUT2D eigenvalue weighted by Gasteiger charge is 2.11. The highest BCUT2D eigenvalue weighted by Crippen LogP contribution is 2.29. The molecular weight excluding hydrogens is 376 g/mol. The number of H-pyrrole nitrogens is 1. The Morgan fingerprint density at radius 1 is 1.14 bits per heavy atom. The van der Waals surface area contributed by atoms with Crippen molar-refractivity contribution in [2.45, 2.75) is 13.8 Å². The lowest BCUT2D eigenvalue weighted by molar-refractivity contribution is 0.144. The summed E-state index contributed by atoms with van der Waals surface area (Å²) in [5.74, 6) is 1.41. The fourth-order valence-electron chi connectivity index (χ4n) is 2.93. The van der Waals surface area contributed by atoms with Crippen molar-refractivity contribution < 1.29 is 19.4 Å². The number of rotatable bonds is 4. The van der Waals surface area contributed by atoms with Gasteiger partial charge < -0.3 is 14.6 Å². The summed E-state index contributed by atoms with van der Waals surface area (Å²) in [5, 5.41) is 13.0. The zero-order valence-corrected chi connectivity index (χ0v) is 15.5. The van der Waals surface area contributed by atoms with E-state index in [1.807, 2.05) is 32.0 Å². The van der Waals surface area contributed by atoms with E-state index in [0.29, 0.717) is 16.7 Å². The van der Waals surface area contributed by atoms with Crippen LogP contribution in [0.15, 0.2) is 53.6 Å². The van der Waals surface area contributed by atoms with Crippen molar-refractivity contribution in [1.29, 1.82) is 0 Å². The molecule has 0 bridgehead atoms. The third-order valence-corrected chi connectivity index (χ3v) is 4.27. The normalized spacial score (nSPS) is 10.8. The Bertz CT molecular complexity index is 1270. The molecule has 4 rings (SSSR count). The van der Waals surface area contributed by atoms with E-state index < -0.39 is 6.16 Å². The first-order valence-corrected chi connectivity index (χ1v) is 8.64. The molecule has 0 unspecified atom stereocenters. The van der Waals surface area contributed by atoms with E-state index in [4.69, 9.17) is 9.84 Å². The van der Waals surface area contributed by atoms with Gasteiger partial charge >= 0.3 is 6.16 Å². The highest BCUT2D eigenvalue weighted by molar-refractivity contribution is 5.79. The molecule has 0 fully saturated rings. The summed E-state index contributed by atoms with van der Waals surface area (Å²) in [6, 6.07) is 10.9. The number of carbonyl (C=O) groups is 1. The van der Waals surface area contributed by atoms with E-state index in [-0.39, 0.29) is 17.3 Å². The van der Waals surface area contributed by atoms with Crippen LogP contribution in [0.1, 0.15) is 11.1 Å². The van der Waals surface area contributed by atoms with Gasteiger partial charge in [0.2, 0.25) is 5.95 Å². The maximum atomic E-state index is 12.6. The lowest BCUT2D eigenvalue weighted by Gasteiger charge is -2.12. The maximum Gasteiger partial charge on any atom is 0.511 e. The molecule has 2 heterocycles. The fraction of sp³-hybridized carbons (Fsp3) is 0.100. The van der Waals surface area contributed by atoms with E-state index in [2.05, 4.69) is 19.8 Å². The predicted molar refractivity (Wildman–Crippen MR) is 104 cm³/mol. The molecule has 29 heavy (non-hydrogen) atoms. The Hall–Kier alpha value is -4.14. The van der Waals surface area contributed by atoms with Gasteiger partial charge in [0.25, 0.3) is 5.56 Å². The number of carboxylic acid groups (broad SMARTS) is 1. The zero-order chi connectivity index (χ0) is 20.5. The van der Waals surface area contributed by atoms with E-state index in [9.17, 15) is 9.59 Å². The van der Waals surface area contributed by atoms with Gasteiger partial charge in [-0.25, -0.2) is 14.5 Å². The monoisotopic (exact) mass is 392 g/mol. The van der Waals surface area contributed by atoms with Crippen LogP contribution in [0.5, 0.6) is 17.2 Å². The minimum absolute atomic E-state index is 0.0117. The molecule has 0 aliphatic heterocycles. The second-order valence-electron chi connectivity index (χ2n) is 6.38. The third kappa shape index (κ3) is 3.65. The van der Waals surface area contributed by atoms with E-state index in [0.717, 1.165) is 16.9 Å². The number of nitrogens with one attached hydrogen (secondary N) is 1. The molecule has 0 spiro atoms. The van der Waals surface area contributed by atoms with Crippen molar-refractivity contribution in [3.8, 4) is 23.2 Å². The van der Waals surface area contributed by atoms with Gasteiger partial charge in [-0.1, -0.05) is 18.2 Å². The third-order valence-electron chi connectivity index (χ3n) is 4.27. The van der Waals surface area contributed by atoms with Gasteiger partial charge in [0.1, 0.15) is 11.5 Å². The number of hydrogen-bond acceptors (Lipinski definition) is 6. The van der Waals surface area contributed by atoms with Gasteiger partial charge in [-0.3, -0.25) is 9.78 Å². The molecule has 0 aliphatic carbocycles. The summed E-state index contributed by atoms with van der Waals surface area (Å²) in [6.45, 7) is 3.91. The Balaban J connectivity index is 1.69. The van der Waals surface area contributed by atoms with Crippen molar-refractivity contribution in [3.05, 3.63) is 70.3 Å². The smallest absolute Gasteiger partial charge is 0.457 e. The molecule has 9 heteroatoms. The second-order valence-corrected chi connectivity index (χ2v) is 6.38. The summed E-state index contributed by atoms with van der Waals surface area (Å²) in [4.78, 5) is 30.2. The van der Waals surface area contributed by atoms with Gasteiger partial charge in [0.05, 0.1) is 23.3 Å². The number of ether oxygens (including phenoxy) is 2. The van der Waals surface area contributed by atoms with Gasteiger partial charge in [0.15, 0.2) is 5.75 Å². The predicted octanol–water partition coefficient (Wildman–Crippen LogP) is 3.57. The Labute approximate surface area is 164 Å². The molecule has 0 radical (unpaired) electrons. The molecule has 0 aliphatic rings. The summed E-state index contributed by atoms with van der Waals surface area (Å²) in [6.07, 6.45) is 1.05. The summed E-state index contributed by atoms with van der Waals surface area (Å²) < 4.78 is 11.7. The number of aromatic amines is 1. The standard InChI is InChI=1S/C20H16N4O5/c1-11-4-3-5-12(2)17(11)28-13-6-7-16-15(8-13)18(25)23-19(22-16)24-10-14(9-21-24)29-20(26)27/h3-10H,1-2H3,(H,26,27)(H,22,23,25). The van der Waals surface area contributed by atoms with Crippen LogP contribution >= 0.6 is 0 Å². The van der Waals surface area contributed by atoms with Crippen LogP contribution in [0.25, 0.3) is 16.9 Å². The van der Waals surface area contributed by atoms with E-state index >= 15 is 0 Å². The van der Waals surface area contributed by atoms with Gasteiger partial charge in [-0.15, -0.1) is 0 Å². The Morgan fingerprint density at radius 3 is 2.62 bits per heavy atom. The zero-order valence-electron chi connectivity index (χ0n) is 15.5. The molecule has 146 valence electrons. The molecule has 2 aromatic carbocycles. The van der Waals surface area contributed by atoms with Crippen LogP contribution in [0, 0.1) is 13.8 Å². The summed E-state index contributed by atoms with van der Waals surface area (Å²) >= 11 is 0. The first-order chi connectivity index (χ1) is 13.9. The average molecular weight is 392 g/mol. The number of nitrogens with zero attached hydrogens (tertiary/aromatic N) is 3. The number of fused-ring (bicyclic) bond motifs is 1. The fourth-order valence-corrected chi connectivity index (χ4v) is 2.93. The van der Waals surface area contributed by atoms with Crippen LogP contribution in [-0.2, 0) is 0 Å². The second kappa shape index (κ2) is 7.12. The largest absolute Gasteiger partial charge is 0.511 e. The SMILES string of the molecule is Cc1cccc(C)c1Oc1ccc2nc(-n3cc(OC(=O)O)cn3)[nH]c(=O)c2c1. The molecule has 2 aromatic heterocycles. The van der Waals surface area contributed by atoms with Crippen LogP contribution in [0.4, 0.5) is 4.79 Å². The van der Waals surface area contributed by atoms with Gasteiger partial charge in [-0.05, 0) is 43.2 Å². The molecule has 0 saturated carbocycles. The van der Waals surface area contributed by atoms with Gasteiger partial charge in [-0.2, -0.15) is 5.10 Å². The van der Waals surface area contributed by atoms with Crippen LogP contribution in [0.3, 0.4) is 0 Å². The number of hydrogen-bond donors (Lipinski definition) is 2. The molecule has 4 aromatic rings. The van der Waals surface area contributed by atoms with Crippen molar-refractivity contribution >= 4 is 17.1 Å².